The molecule has 0 aromatic heterocycles. The molecule has 4 aromatic carbocycles. The van der Waals surface area contributed by atoms with Crippen LogP contribution in [0.25, 0.3) is 10.8 Å². The summed E-state index contributed by atoms with van der Waals surface area (Å²) in [6.07, 6.45) is -0.0797. The number of hydrogen-bond donors (Lipinski definition) is 2. The number of benzene rings is 4. The normalized spacial score (nSPS) is 15.6. The average molecular weight is 422 g/mol. The summed E-state index contributed by atoms with van der Waals surface area (Å²) in [4.78, 5) is 4.57. The average Bonchev–Trinajstić information content (AvgIpc) is 2.75. The molecule has 0 spiro atoms. The van der Waals surface area contributed by atoms with Gasteiger partial charge in [-0.3, -0.25) is 0 Å². The molecule has 1 aliphatic rings. The number of anilines is 1. The van der Waals surface area contributed by atoms with Crippen LogP contribution in [0.5, 0.6) is 5.75 Å². The van der Waals surface area contributed by atoms with Crippen molar-refractivity contribution in [1.82, 2.24) is 0 Å². The van der Waals surface area contributed by atoms with Crippen molar-refractivity contribution in [3.63, 3.8) is 0 Å². The van der Waals surface area contributed by atoms with Gasteiger partial charge < -0.3 is 15.8 Å². The number of guanidine groups is 1. The summed E-state index contributed by atoms with van der Waals surface area (Å²) < 4.78 is 6.16. The van der Waals surface area contributed by atoms with Crippen LogP contribution in [0.1, 0.15) is 43.6 Å². The Morgan fingerprint density at radius 2 is 1.62 bits per heavy atom. The highest BCUT2D eigenvalue weighted by molar-refractivity contribution is 5.94. The number of nitrogens with one attached hydrogen (secondary N) is 1. The molecular formula is C28H27N3O. The molecule has 1 aliphatic heterocycles. The molecule has 4 aromatic rings. The molecule has 0 aliphatic carbocycles. The van der Waals surface area contributed by atoms with Gasteiger partial charge in [0.1, 0.15) is 5.69 Å². The smallest absolute Gasteiger partial charge is 0.198 e. The number of para-hydroxylation sites is 1. The van der Waals surface area contributed by atoms with Crippen molar-refractivity contribution in [2.24, 2.45) is 10.7 Å². The van der Waals surface area contributed by atoms with Crippen LogP contribution in [-0.2, 0) is 5.41 Å². The van der Waals surface area contributed by atoms with Gasteiger partial charge in [0.05, 0.1) is 0 Å². The molecule has 3 N–H and O–H groups in total. The minimum absolute atomic E-state index is 0.0797. The van der Waals surface area contributed by atoms with Gasteiger partial charge in [-0.2, -0.15) is 0 Å². The molecule has 1 atom stereocenters. The van der Waals surface area contributed by atoms with Gasteiger partial charge >= 0.3 is 0 Å². The zero-order chi connectivity index (χ0) is 22.3. The first-order chi connectivity index (χ1) is 15.4. The van der Waals surface area contributed by atoms with E-state index in [0.717, 1.165) is 28.3 Å². The molecular weight excluding hydrogens is 394 g/mol. The van der Waals surface area contributed by atoms with Crippen molar-refractivity contribution in [3.05, 3.63) is 102 Å². The summed E-state index contributed by atoms with van der Waals surface area (Å²) in [5, 5.41) is 5.61. The van der Waals surface area contributed by atoms with Gasteiger partial charge in [0.2, 0.25) is 0 Å². The highest BCUT2D eigenvalue weighted by Crippen LogP contribution is 2.49. The first-order valence-corrected chi connectivity index (χ1v) is 10.9. The van der Waals surface area contributed by atoms with Gasteiger partial charge in [-0.1, -0.05) is 81.4 Å². The first kappa shape index (κ1) is 20.1. The van der Waals surface area contributed by atoms with Gasteiger partial charge in [0.25, 0.3) is 0 Å². The first-order valence-electron chi connectivity index (χ1n) is 10.9. The fraction of sp³-hybridized carbons (Fsp3) is 0.179. The van der Waals surface area contributed by atoms with E-state index in [2.05, 4.69) is 91.7 Å². The van der Waals surface area contributed by atoms with E-state index in [1.165, 1.54) is 16.3 Å². The number of ether oxygens (including phenoxy) is 1. The predicted octanol–water partition coefficient (Wildman–Crippen LogP) is 6.68. The van der Waals surface area contributed by atoms with Gasteiger partial charge in [-0.15, -0.1) is 0 Å². The second kappa shape index (κ2) is 7.72. The fourth-order valence-electron chi connectivity index (χ4n) is 4.07. The Balaban J connectivity index is 1.36. The number of nitrogens with zero attached hydrogens (tertiary/aromatic N) is 1. The van der Waals surface area contributed by atoms with Gasteiger partial charge in [0.15, 0.2) is 17.8 Å². The van der Waals surface area contributed by atoms with Crippen molar-refractivity contribution < 1.29 is 4.74 Å². The number of rotatable bonds is 3. The zero-order valence-corrected chi connectivity index (χ0v) is 18.6. The third kappa shape index (κ3) is 3.80. The molecule has 4 nitrogen and oxygen atoms in total. The molecule has 1 unspecified atom stereocenters. The van der Waals surface area contributed by atoms with Crippen LogP contribution >= 0.6 is 0 Å². The lowest BCUT2D eigenvalue weighted by atomic mass is 9.87. The van der Waals surface area contributed by atoms with Gasteiger partial charge in [-0.05, 0) is 51.6 Å². The lowest BCUT2D eigenvalue weighted by Gasteiger charge is -2.32. The Bertz CT molecular complexity index is 1320. The Morgan fingerprint density at radius 3 is 2.38 bits per heavy atom. The van der Waals surface area contributed by atoms with E-state index in [-0.39, 0.29) is 11.5 Å². The summed E-state index contributed by atoms with van der Waals surface area (Å²) in [7, 11) is 0. The number of fused-ring (bicyclic) bond motifs is 2. The maximum absolute atomic E-state index is 6.20. The molecule has 1 heterocycles. The minimum atomic E-state index is -0.0797. The van der Waals surface area contributed by atoms with E-state index < -0.39 is 0 Å². The second-order valence-corrected chi connectivity index (χ2v) is 9.25. The largest absolute Gasteiger partial charge is 0.478 e. The molecule has 32 heavy (non-hydrogen) atoms. The van der Waals surface area contributed by atoms with Crippen LogP contribution in [0, 0.1) is 0 Å². The summed E-state index contributed by atoms with van der Waals surface area (Å²) >= 11 is 0. The van der Waals surface area contributed by atoms with Crippen LogP contribution in [0.4, 0.5) is 11.4 Å². The van der Waals surface area contributed by atoms with Crippen molar-refractivity contribution in [2.75, 3.05) is 5.32 Å². The molecule has 0 fully saturated rings. The molecule has 0 saturated carbocycles. The van der Waals surface area contributed by atoms with Crippen LogP contribution in [0.2, 0.25) is 0 Å². The van der Waals surface area contributed by atoms with Crippen LogP contribution in [0.15, 0.2) is 89.9 Å². The Hall–Kier alpha value is -3.79. The summed E-state index contributed by atoms with van der Waals surface area (Å²) in [6.45, 7) is 6.59. The van der Waals surface area contributed by atoms with Crippen molar-refractivity contribution in [3.8, 4) is 5.75 Å². The zero-order valence-electron chi connectivity index (χ0n) is 18.6. The Kier molecular flexibility index (Phi) is 4.86. The molecule has 0 radical (unpaired) electrons. The van der Waals surface area contributed by atoms with Crippen molar-refractivity contribution in [1.29, 1.82) is 0 Å². The molecule has 4 heteroatoms. The number of nitrogens with two attached hydrogens (primary N) is 1. The number of hydrogen-bond acceptors (Lipinski definition) is 2. The van der Waals surface area contributed by atoms with Gasteiger partial charge in [0, 0.05) is 11.3 Å². The monoisotopic (exact) mass is 421 g/mol. The van der Waals surface area contributed by atoms with Gasteiger partial charge in [-0.25, -0.2) is 4.99 Å². The highest BCUT2D eigenvalue weighted by atomic mass is 16.5. The molecule has 0 amide bonds. The standard InChI is InChI=1S/C28H27N3O/c1-28(2,3)21-13-15-22(16-14-21)30-27(29)31-24-10-6-9-23-25(32-26(23)24)20-12-11-18-7-4-5-8-19(18)17-20/h4-17,25H,1-3H3,(H3,29,30,31). The third-order valence-corrected chi connectivity index (χ3v) is 5.88. The Morgan fingerprint density at radius 1 is 0.875 bits per heavy atom. The van der Waals surface area contributed by atoms with E-state index in [9.17, 15) is 0 Å². The van der Waals surface area contributed by atoms with E-state index >= 15 is 0 Å². The summed E-state index contributed by atoms with van der Waals surface area (Å²) in [6, 6.07) is 29.1. The number of aliphatic imine (C=N–C) groups is 1. The molecule has 0 bridgehead atoms. The van der Waals surface area contributed by atoms with E-state index in [1.807, 2.05) is 24.3 Å². The molecule has 160 valence electrons. The van der Waals surface area contributed by atoms with Crippen LogP contribution in [0.3, 0.4) is 0 Å². The predicted molar refractivity (Wildman–Crippen MR) is 133 cm³/mol. The quantitative estimate of drug-likeness (QED) is 0.287. The maximum atomic E-state index is 6.20. The second-order valence-electron chi connectivity index (χ2n) is 9.25. The van der Waals surface area contributed by atoms with Crippen molar-refractivity contribution >= 4 is 28.1 Å². The topological polar surface area (TPSA) is 59.6 Å². The van der Waals surface area contributed by atoms with E-state index in [0.29, 0.717) is 5.96 Å². The van der Waals surface area contributed by atoms with Crippen LogP contribution in [-0.4, -0.2) is 5.96 Å². The molecule has 5 rings (SSSR count). The lowest BCUT2D eigenvalue weighted by Crippen LogP contribution is -2.23. The minimum Gasteiger partial charge on any atom is -0.478 e. The van der Waals surface area contributed by atoms with Crippen LogP contribution < -0.4 is 15.8 Å². The lowest BCUT2D eigenvalue weighted by molar-refractivity contribution is 0.187. The Labute approximate surface area is 188 Å². The van der Waals surface area contributed by atoms with E-state index in [4.69, 9.17) is 10.5 Å². The van der Waals surface area contributed by atoms with E-state index in [1.54, 1.807) is 0 Å². The SMILES string of the molecule is CC(C)(C)c1ccc(NC(N)=Nc2cccc3c2OC3c2ccc3ccccc3c2)cc1. The highest BCUT2D eigenvalue weighted by Gasteiger charge is 2.32. The third-order valence-electron chi connectivity index (χ3n) is 5.88. The molecule has 0 saturated heterocycles. The fourth-order valence-corrected chi connectivity index (χ4v) is 4.07. The van der Waals surface area contributed by atoms with Crippen molar-refractivity contribution in [2.45, 2.75) is 32.3 Å². The maximum Gasteiger partial charge on any atom is 0.198 e. The summed E-state index contributed by atoms with van der Waals surface area (Å²) in [5.41, 5.74) is 11.5. The summed E-state index contributed by atoms with van der Waals surface area (Å²) in [5.74, 6) is 1.12.